The SMILES string of the molecule is O=[P@@H](O)C1(COc2ccc(CCNCC(O)COc3ccc(O)cc3)cc2)CCCCC1.[LiH]. The molecule has 1 unspecified atom stereocenters. The van der Waals surface area contributed by atoms with Gasteiger partial charge in [-0.1, -0.05) is 31.4 Å². The summed E-state index contributed by atoms with van der Waals surface area (Å²) in [5.41, 5.74) is 1.14. The zero-order valence-corrected chi connectivity index (χ0v) is 19.3. The third kappa shape index (κ3) is 9.02. The van der Waals surface area contributed by atoms with Gasteiger partial charge in [0.25, 0.3) is 0 Å². The van der Waals surface area contributed by atoms with E-state index in [1.165, 1.54) is 0 Å². The number of rotatable bonds is 12. The van der Waals surface area contributed by atoms with Crippen LogP contribution in [0, 0.1) is 0 Å². The summed E-state index contributed by atoms with van der Waals surface area (Å²) in [4.78, 5) is 9.84. The van der Waals surface area contributed by atoms with E-state index in [-0.39, 0.29) is 31.2 Å². The van der Waals surface area contributed by atoms with Crippen LogP contribution in [-0.4, -0.2) is 71.5 Å². The molecule has 2 atom stereocenters. The van der Waals surface area contributed by atoms with Gasteiger partial charge in [-0.05, 0) is 67.8 Å². The van der Waals surface area contributed by atoms with Crippen LogP contribution in [0.3, 0.4) is 0 Å². The fourth-order valence-electron chi connectivity index (χ4n) is 3.92. The molecule has 0 bridgehead atoms. The number of phenolic OH excluding ortho intramolecular Hbond substituents is 1. The molecule has 0 amide bonds. The van der Waals surface area contributed by atoms with E-state index in [1.807, 2.05) is 24.3 Å². The summed E-state index contributed by atoms with van der Waals surface area (Å²) < 4.78 is 23.3. The fraction of sp³-hybridized carbons (Fsp3) is 0.500. The number of ether oxygens (including phenoxy) is 2. The summed E-state index contributed by atoms with van der Waals surface area (Å²) in [6.07, 6.45) is 4.80. The van der Waals surface area contributed by atoms with Gasteiger partial charge in [-0.25, -0.2) is 0 Å². The van der Waals surface area contributed by atoms with Crippen molar-refractivity contribution in [3.63, 3.8) is 0 Å². The number of aliphatic hydroxyl groups is 1. The minimum atomic E-state index is -2.64. The molecule has 7 nitrogen and oxygen atoms in total. The molecule has 0 saturated heterocycles. The molecule has 178 valence electrons. The van der Waals surface area contributed by atoms with Crippen LogP contribution < -0.4 is 14.8 Å². The van der Waals surface area contributed by atoms with E-state index >= 15 is 0 Å². The summed E-state index contributed by atoms with van der Waals surface area (Å²) in [7, 11) is -2.64. The van der Waals surface area contributed by atoms with E-state index in [0.717, 1.165) is 49.8 Å². The number of hydrogen-bond acceptors (Lipinski definition) is 6. The van der Waals surface area contributed by atoms with Gasteiger partial charge in [0.15, 0.2) is 8.03 Å². The second-order valence-electron chi connectivity index (χ2n) is 8.49. The molecule has 0 spiro atoms. The molecule has 1 aliphatic carbocycles. The van der Waals surface area contributed by atoms with Crippen LogP contribution in [0.25, 0.3) is 0 Å². The maximum absolute atomic E-state index is 11.9. The van der Waals surface area contributed by atoms with Crippen molar-refractivity contribution >= 4 is 26.9 Å². The second kappa shape index (κ2) is 14.1. The Bertz CT molecular complexity index is 843. The van der Waals surface area contributed by atoms with Gasteiger partial charge in [0.2, 0.25) is 0 Å². The van der Waals surface area contributed by atoms with E-state index in [4.69, 9.17) is 9.47 Å². The van der Waals surface area contributed by atoms with Crippen molar-refractivity contribution in [1.82, 2.24) is 5.32 Å². The Balaban J connectivity index is 0.00000385. The van der Waals surface area contributed by atoms with Gasteiger partial charge in [-0.3, -0.25) is 4.57 Å². The second-order valence-corrected chi connectivity index (χ2v) is 10.2. The van der Waals surface area contributed by atoms with Gasteiger partial charge in [-0.15, -0.1) is 0 Å². The van der Waals surface area contributed by atoms with E-state index in [0.29, 0.717) is 25.4 Å². The molecule has 3 rings (SSSR count). The van der Waals surface area contributed by atoms with Crippen LogP contribution in [0.5, 0.6) is 17.2 Å². The predicted molar refractivity (Wildman–Crippen MR) is 132 cm³/mol. The van der Waals surface area contributed by atoms with Crippen molar-refractivity contribution in [3.8, 4) is 17.2 Å². The molecule has 0 heterocycles. The van der Waals surface area contributed by atoms with Crippen molar-refractivity contribution in [2.24, 2.45) is 0 Å². The molecule has 0 aromatic heterocycles. The molecule has 1 fully saturated rings. The van der Waals surface area contributed by atoms with E-state index < -0.39 is 19.3 Å². The maximum atomic E-state index is 11.9. The quantitative estimate of drug-likeness (QED) is 0.214. The molecular weight excluding hydrogens is 436 g/mol. The van der Waals surface area contributed by atoms with Crippen molar-refractivity contribution in [1.29, 1.82) is 0 Å². The topological polar surface area (TPSA) is 108 Å². The molecule has 9 heteroatoms. The summed E-state index contributed by atoms with van der Waals surface area (Å²) in [6.45, 7) is 1.60. The average molecular weight is 471 g/mol. The van der Waals surface area contributed by atoms with E-state index in [1.54, 1.807) is 24.3 Å². The van der Waals surface area contributed by atoms with Gasteiger partial charge < -0.3 is 29.9 Å². The van der Waals surface area contributed by atoms with Crippen molar-refractivity contribution in [2.45, 2.75) is 49.8 Å². The molecule has 1 saturated carbocycles. The van der Waals surface area contributed by atoms with Gasteiger partial charge in [0.05, 0.1) is 5.16 Å². The monoisotopic (exact) mass is 471 g/mol. The zero-order chi connectivity index (χ0) is 22.8. The fourth-order valence-corrected chi connectivity index (χ4v) is 4.89. The van der Waals surface area contributed by atoms with E-state index in [9.17, 15) is 19.7 Å². The number of nitrogens with one attached hydrogen (secondary N) is 1. The normalized spacial score (nSPS) is 16.9. The number of hydrogen-bond donors (Lipinski definition) is 4. The van der Waals surface area contributed by atoms with Crippen LogP contribution in [0.15, 0.2) is 48.5 Å². The van der Waals surface area contributed by atoms with Crippen LogP contribution >= 0.6 is 8.03 Å². The summed E-state index contributed by atoms with van der Waals surface area (Å²) in [5.74, 6) is 1.50. The Morgan fingerprint density at radius 2 is 1.58 bits per heavy atom. The van der Waals surface area contributed by atoms with Crippen molar-refractivity contribution in [3.05, 3.63) is 54.1 Å². The standard InChI is InChI=1S/C24H34NO6P.Li.H/c26-20-6-10-22(11-7-20)30-17-21(27)16-25-15-12-19-4-8-23(9-5-19)31-18-24(32(28)29)13-2-1-3-14-24;;/h4-11,21,25-27,32H,1-3,12-18H2,(H,28,29);;. The van der Waals surface area contributed by atoms with Gasteiger partial charge >= 0.3 is 18.9 Å². The Labute approximate surface area is 208 Å². The molecular formula is C24H35LiNO6P. The first-order valence-corrected chi connectivity index (χ1v) is 12.6. The molecule has 2 aromatic rings. The predicted octanol–water partition coefficient (Wildman–Crippen LogP) is 2.86. The molecule has 0 radical (unpaired) electrons. The number of aromatic hydroxyl groups is 1. The Morgan fingerprint density at radius 3 is 2.21 bits per heavy atom. The summed E-state index contributed by atoms with van der Waals surface area (Å²) in [6, 6.07) is 14.2. The van der Waals surface area contributed by atoms with Crippen molar-refractivity contribution in [2.75, 3.05) is 26.3 Å². The van der Waals surface area contributed by atoms with Gasteiger partial charge in [0, 0.05) is 6.54 Å². The first kappa shape index (κ1) is 27.8. The van der Waals surface area contributed by atoms with Crippen LogP contribution in [0.1, 0.15) is 37.7 Å². The van der Waals surface area contributed by atoms with Gasteiger partial charge in [0.1, 0.15) is 36.6 Å². The zero-order valence-electron chi connectivity index (χ0n) is 18.3. The van der Waals surface area contributed by atoms with E-state index in [2.05, 4.69) is 5.32 Å². The first-order valence-electron chi connectivity index (χ1n) is 11.2. The Morgan fingerprint density at radius 1 is 0.970 bits per heavy atom. The summed E-state index contributed by atoms with van der Waals surface area (Å²) >= 11 is 0. The molecule has 0 aliphatic heterocycles. The van der Waals surface area contributed by atoms with Crippen LogP contribution in [0.2, 0.25) is 0 Å². The van der Waals surface area contributed by atoms with Crippen LogP contribution in [0.4, 0.5) is 0 Å². The van der Waals surface area contributed by atoms with Gasteiger partial charge in [-0.2, -0.15) is 0 Å². The first-order chi connectivity index (χ1) is 15.5. The number of benzene rings is 2. The Hall–Kier alpha value is -1.45. The third-order valence-corrected chi connectivity index (χ3v) is 7.50. The number of phenols is 1. The van der Waals surface area contributed by atoms with Crippen molar-refractivity contribution < 1.29 is 29.1 Å². The molecule has 1 aliphatic rings. The third-order valence-electron chi connectivity index (χ3n) is 5.95. The minimum absolute atomic E-state index is 0. The average Bonchev–Trinajstić information content (AvgIpc) is 2.81. The summed E-state index contributed by atoms with van der Waals surface area (Å²) in [5, 5.41) is 21.9. The molecule has 2 aromatic carbocycles. The van der Waals surface area contributed by atoms with Crippen LogP contribution in [-0.2, 0) is 11.0 Å². The Kier molecular flexibility index (Phi) is 11.8. The number of aliphatic hydroxyl groups excluding tert-OH is 1. The molecule has 4 N–H and O–H groups in total. The molecule has 33 heavy (non-hydrogen) atoms.